The quantitative estimate of drug-likeness (QED) is 0.862. The standard InChI is InChI=1S/C20H24N2O4/c1-13-6-7-14(2)18(10-13)22(15(3)23)12-20(24)21-17-9-8-16(25-4)11-19(17)26-5/h6-11H,12H2,1-5H3,(H,21,24). The number of anilines is 2. The van der Waals surface area contributed by atoms with Crippen LogP contribution in [0, 0.1) is 13.8 Å². The highest BCUT2D eigenvalue weighted by molar-refractivity contribution is 6.02. The van der Waals surface area contributed by atoms with Gasteiger partial charge in [-0.1, -0.05) is 12.1 Å². The average Bonchev–Trinajstić information content (AvgIpc) is 2.62. The Morgan fingerprint density at radius 2 is 1.77 bits per heavy atom. The third-order valence-electron chi connectivity index (χ3n) is 4.02. The Morgan fingerprint density at radius 1 is 1.04 bits per heavy atom. The molecular weight excluding hydrogens is 332 g/mol. The Labute approximate surface area is 153 Å². The van der Waals surface area contributed by atoms with Crippen LogP contribution in [-0.4, -0.2) is 32.6 Å². The summed E-state index contributed by atoms with van der Waals surface area (Å²) in [5.41, 5.74) is 3.20. The molecule has 0 spiro atoms. The van der Waals surface area contributed by atoms with Gasteiger partial charge in [0, 0.05) is 18.7 Å². The summed E-state index contributed by atoms with van der Waals surface area (Å²) in [6.07, 6.45) is 0. The number of benzene rings is 2. The minimum atomic E-state index is -0.315. The lowest BCUT2D eigenvalue weighted by Gasteiger charge is -2.23. The molecule has 0 saturated carbocycles. The van der Waals surface area contributed by atoms with E-state index >= 15 is 0 Å². The van der Waals surface area contributed by atoms with E-state index in [1.165, 1.54) is 18.9 Å². The molecule has 26 heavy (non-hydrogen) atoms. The molecule has 6 nitrogen and oxygen atoms in total. The third kappa shape index (κ3) is 4.53. The van der Waals surface area contributed by atoms with Gasteiger partial charge in [0.05, 0.1) is 19.9 Å². The largest absolute Gasteiger partial charge is 0.497 e. The number of amides is 2. The fraction of sp³-hybridized carbons (Fsp3) is 0.300. The van der Waals surface area contributed by atoms with Crippen LogP contribution in [0.4, 0.5) is 11.4 Å². The summed E-state index contributed by atoms with van der Waals surface area (Å²) in [6.45, 7) is 5.22. The van der Waals surface area contributed by atoms with Crippen LogP contribution in [0.1, 0.15) is 18.1 Å². The van der Waals surface area contributed by atoms with Crippen LogP contribution in [0.15, 0.2) is 36.4 Å². The van der Waals surface area contributed by atoms with Crippen LogP contribution in [0.2, 0.25) is 0 Å². The molecule has 0 aliphatic rings. The first kappa shape index (κ1) is 19.3. The van der Waals surface area contributed by atoms with E-state index in [1.807, 2.05) is 32.0 Å². The van der Waals surface area contributed by atoms with Crippen LogP contribution < -0.4 is 19.7 Å². The second-order valence-electron chi connectivity index (χ2n) is 6.01. The maximum atomic E-state index is 12.5. The van der Waals surface area contributed by atoms with E-state index in [9.17, 15) is 9.59 Å². The molecule has 138 valence electrons. The maximum absolute atomic E-state index is 12.5. The van der Waals surface area contributed by atoms with Crippen molar-refractivity contribution < 1.29 is 19.1 Å². The first-order valence-corrected chi connectivity index (χ1v) is 8.23. The number of nitrogens with zero attached hydrogens (tertiary/aromatic N) is 1. The number of rotatable bonds is 6. The number of methoxy groups -OCH3 is 2. The van der Waals surface area contributed by atoms with Gasteiger partial charge in [0.1, 0.15) is 18.0 Å². The Morgan fingerprint density at radius 3 is 2.38 bits per heavy atom. The topological polar surface area (TPSA) is 67.9 Å². The Hall–Kier alpha value is -3.02. The van der Waals surface area contributed by atoms with E-state index in [-0.39, 0.29) is 18.4 Å². The van der Waals surface area contributed by atoms with E-state index in [0.29, 0.717) is 17.2 Å². The molecule has 0 aromatic heterocycles. The van der Waals surface area contributed by atoms with E-state index < -0.39 is 0 Å². The molecule has 0 radical (unpaired) electrons. The molecule has 0 aliphatic carbocycles. The molecule has 0 bridgehead atoms. The zero-order valence-electron chi connectivity index (χ0n) is 15.8. The molecule has 0 saturated heterocycles. The summed E-state index contributed by atoms with van der Waals surface area (Å²) < 4.78 is 10.4. The first-order valence-electron chi connectivity index (χ1n) is 8.23. The molecule has 6 heteroatoms. The van der Waals surface area contributed by atoms with E-state index in [4.69, 9.17) is 9.47 Å². The normalized spacial score (nSPS) is 10.2. The van der Waals surface area contributed by atoms with Crippen LogP contribution in [0.3, 0.4) is 0 Å². The molecule has 0 heterocycles. The van der Waals surface area contributed by atoms with E-state index in [2.05, 4.69) is 5.32 Å². The summed E-state index contributed by atoms with van der Waals surface area (Å²) in [5.74, 6) is 0.597. The van der Waals surface area contributed by atoms with Crippen molar-refractivity contribution in [3.63, 3.8) is 0 Å². The van der Waals surface area contributed by atoms with Crippen molar-refractivity contribution in [1.82, 2.24) is 0 Å². The van der Waals surface area contributed by atoms with Gasteiger partial charge in [-0.2, -0.15) is 0 Å². The number of nitrogens with one attached hydrogen (secondary N) is 1. The predicted octanol–water partition coefficient (Wildman–Crippen LogP) is 3.31. The highest BCUT2D eigenvalue weighted by Gasteiger charge is 2.19. The molecule has 2 aromatic carbocycles. The molecule has 1 N–H and O–H groups in total. The zero-order valence-corrected chi connectivity index (χ0v) is 15.8. The molecular formula is C20H24N2O4. The fourth-order valence-corrected chi connectivity index (χ4v) is 2.61. The molecule has 0 unspecified atom stereocenters. The maximum Gasteiger partial charge on any atom is 0.244 e. The Balaban J connectivity index is 2.21. The SMILES string of the molecule is COc1ccc(NC(=O)CN(C(C)=O)c2cc(C)ccc2C)c(OC)c1. The lowest BCUT2D eigenvalue weighted by atomic mass is 10.1. The monoisotopic (exact) mass is 356 g/mol. The highest BCUT2D eigenvalue weighted by Crippen LogP contribution is 2.29. The van der Waals surface area contributed by atoms with Gasteiger partial charge in [-0.25, -0.2) is 0 Å². The lowest BCUT2D eigenvalue weighted by molar-refractivity contribution is -0.120. The molecule has 0 aliphatic heterocycles. The van der Waals surface area contributed by atoms with Gasteiger partial charge in [0.25, 0.3) is 0 Å². The number of carbonyl (C=O) groups excluding carboxylic acids is 2. The second kappa shape index (κ2) is 8.38. The Kier molecular flexibility index (Phi) is 6.22. The van der Waals surface area contributed by atoms with Crippen molar-refractivity contribution in [3.05, 3.63) is 47.5 Å². The van der Waals surface area contributed by atoms with Gasteiger partial charge in [0.15, 0.2) is 0 Å². The summed E-state index contributed by atoms with van der Waals surface area (Å²) in [4.78, 5) is 26.1. The van der Waals surface area contributed by atoms with Gasteiger partial charge in [-0.3, -0.25) is 9.59 Å². The molecule has 2 amide bonds. The van der Waals surface area contributed by atoms with Gasteiger partial charge in [-0.05, 0) is 43.2 Å². The minimum Gasteiger partial charge on any atom is -0.497 e. The van der Waals surface area contributed by atoms with Gasteiger partial charge in [0.2, 0.25) is 11.8 Å². The minimum absolute atomic E-state index is 0.0885. The fourth-order valence-electron chi connectivity index (χ4n) is 2.61. The van der Waals surface area contributed by atoms with Crippen molar-refractivity contribution >= 4 is 23.2 Å². The smallest absolute Gasteiger partial charge is 0.244 e. The number of aryl methyl sites for hydroxylation is 2. The van der Waals surface area contributed by atoms with E-state index in [0.717, 1.165) is 16.8 Å². The lowest BCUT2D eigenvalue weighted by Crippen LogP contribution is -2.37. The van der Waals surface area contributed by atoms with Crippen LogP contribution in [-0.2, 0) is 9.59 Å². The van der Waals surface area contributed by atoms with Gasteiger partial charge >= 0.3 is 0 Å². The molecule has 0 atom stereocenters. The number of ether oxygens (including phenoxy) is 2. The third-order valence-corrected chi connectivity index (χ3v) is 4.02. The summed E-state index contributed by atoms with van der Waals surface area (Å²) in [5, 5.41) is 2.79. The predicted molar refractivity (Wildman–Crippen MR) is 102 cm³/mol. The van der Waals surface area contributed by atoms with E-state index in [1.54, 1.807) is 25.3 Å². The summed E-state index contributed by atoms with van der Waals surface area (Å²) in [6, 6.07) is 10.9. The molecule has 2 rings (SSSR count). The van der Waals surface area contributed by atoms with Crippen molar-refractivity contribution in [1.29, 1.82) is 0 Å². The number of hydrogen-bond acceptors (Lipinski definition) is 4. The van der Waals surface area contributed by atoms with Gasteiger partial charge in [-0.15, -0.1) is 0 Å². The van der Waals surface area contributed by atoms with Gasteiger partial charge < -0.3 is 19.7 Å². The number of carbonyl (C=O) groups is 2. The summed E-state index contributed by atoms with van der Waals surface area (Å²) >= 11 is 0. The van der Waals surface area contributed by atoms with Crippen molar-refractivity contribution in [2.45, 2.75) is 20.8 Å². The second-order valence-corrected chi connectivity index (χ2v) is 6.01. The van der Waals surface area contributed by atoms with Crippen molar-refractivity contribution in [2.24, 2.45) is 0 Å². The van der Waals surface area contributed by atoms with Crippen LogP contribution >= 0.6 is 0 Å². The first-order chi connectivity index (χ1) is 12.3. The molecule has 2 aromatic rings. The zero-order chi connectivity index (χ0) is 19.3. The molecule has 0 fully saturated rings. The van der Waals surface area contributed by atoms with Crippen LogP contribution in [0.5, 0.6) is 11.5 Å². The summed E-state index contributed by atoms with van der Waals surface area (Å²) in [7, 11) is 3.07. The average molecular weight is 356 g/mol. The van der Waals surface area contributed by atoms with Crippen molar-refractivity contribution in [3.8, 4) is 11.5 Å². The van der Waals surface area contributed by atoms with Crippen LogP contribution in [0.25, 0.3) is 0 Å². The highest BCUT2D eigenvalue weighted by atomic mass is 16.5. The number of hydrogen-bond donors (Lipinski definition) is 1. The van der Waals surface area contributed by atoms with Crippen molar-refractivity contribution in [2.75, 3.05) is 31.0 Å². The Bertz CT molecular complexity index is 817.